The van der Waals surface area contributed by atoms with Crippen LogP contribution >= 0.6 is 0 Å². The zero-order valence-electron chi connectivity index (χ0n) is 10.1. The second-order valence-corrected chi connectivity index (χ2v) is 4.84. The van der Waals surface area contributed by atoms with Crippen LogP contribution < -0.4 is 5.73 Å². The summed E-state index contributed by atoms with van der Waals surface area (Å²) in [6.45, 7) is 3.02. The summed E-state index contributed by atoms with van der Waals surface area (Å²) in [7, 11) is 0. The predicted octanol–water partition coefficient (Wildman–Crippen LogP) is 1.75. The maximum absolute atomic E-state index is 6.08. The fraction of sp³-hybridized carbons (Fsp3) is 0.833. The maximum Gasteiger partial charge on any atom is 0.138 e. The molecule has 1 aliphatic carbocycles. The minimum atomic E-state index is 0.394. The van der Waals surface area contributed by atoms with E-state index >= 15 is 0 Å². The van der Waals surface area contributed by atoms with E-state index in [0.717, 1.165) is 25.2 Å². The van der Waals surface area contributed by atoms with Crippen molar-refractivity contribution in [3.8, 4) is 0 Å². The van der Waals surface area contributed by atoms with Gasteiger partial charge in [0.1, 0.15) is 12.2 Å². The van der Waals surface area contributed by atoms with Crippen LogP contribution in [-0.4, -0.2) is 20.8 Å². The number of aryl methyl sites for hydroxylation is 1. The molecule has 1 aromatic heterocycles. The van der Waals surface area contributed by atoms with Gasteiger partial charge in [0.25, 0.3) is 0 Å². The quantitative estimate of drug-likeness (QED) is 0.793. The van der Waals surface area contributed by atoms with Crippen molar-refractivity contribution in [3.05, 3.63) is 12.2 Å². The van der Waals surface area contributed by atoms with Gasteiger partial charge in [0.05, 0.1) is 0 Å². The lowest BCUT2D eigenvalue weighted by atomic mass is 9.94. The second-order valence-electron chi connectivity index (χ2n) is 4.84. The van der Waals surface area contributed by atoms with E-state index in [1.807, 2.05) is 4.68 Å². The van der Waals surface area contributed by atoms with Gasteiger partial charge in [-0.3, -0.25) is 4.68 Å². The van der Waals surface area contributed by atoms with Crippen molar-refractivity contribution in [2.45, 2.75) is 58.0 Å². The molecular formula is C12H22N4. The molecule has 16 heavy (non-hydrogen) atoms. The Morgan fingerprint density at radius 3 is 3.06 bits per heavy atom. The first kappa shape index (κ1) is 11.6. The monoisotopic (exact) mass is 222 g/mol. The number of hydrogen-bond acceptors (Lipinski definition) is 3. The van der Waals surface area contributed by atoms with E-state index in [-0.39, 0.29) is 0 Å². The van der Waals surface area contributed by atoms with E-state index in [1.165, 1.54) is 25.7 Å². The van der Waals surface area contributed by atoms with Crippen LogP contribution in [0.5, 0.6) is 0 Å². The van der Waals surface area contributed by atoms with Crippen LogP contribution in [0.15, 0.2) is 6.33 Å². The van der Waals surface area contributed by atoms with Crippen LogP contribution in [0, 0.1) is 5.92 Å². The van der Waals surface area contributed by atoms with Gasteiger partial charge in [-0.05, 0) is 32.1 Å². The first-order valence-electron chi connectivity index (χ1n) is 6.42. The molecule has 4 nitrogen and oxygen atoms in total. The number of rotatable bonds is 3. The summed E-state index contributed by atoms with van der Waals surface area (Å²) in [4.78, 5) is 4.35. The van der Waals surface area contributed by atoms with Crippen LogP contribution in [0.2, 0.25) is 0 Å². The molecule has 0 saturated heterocycles. The molecule has 1 aromatic rings. The highest BCUT2D eigenvalue weighted by molar-refractivity contribution is 4.89. The molecule has 0 spiro atoms. The van der Waals surface area contributed by atoms with E-state index in [2.05, 4.69) is 17.0 Å². The minimum Gasteiger partial charge on any atom is -0.328 e. The van der Waals surface area contributed by atoms with E-state index in [4.69, 9.17) is 5.73 Å². The molecule has 0 bridgehead atoms. The molecule has 0 amide bonds. The van der Waals surface area contributed by atoms with Crippen molar-refractivity contribution in [2.24, 2.45) is 11.7 Å². The number of nitrogens with zero attached hydrogens (tertiary/aromatic N) is 3. The van der Waals surface area contributed by atoms with Crippen LogP contribution in [0.1, 0.15) is 44.9 Å². The Morgan fingerprint density at radius 1 is 1.44 bits per heavy atom. The molecule has 2 atom stereocenters. The molecule has 2 rings (SSSR count). The van der Waals surface area contributed by atoms with Crippen LogP contribution in [-0.2, 0) is 13.0 Å². The largest absolute Gasteiger partial charge is 0.328 e. The molecule has 1 heterocycles. The van der Waals surface area contributed by atoms with Crippen molar-refractivity contribution in [2.75, 3.05) is 0 Å². The molecule has 0 radical (unpaired) electrons. The van der Waals surface area contributed by atoms with Crippen molar-refractivity contribution in [1.82, 2.24) is 14.8 Å². The average Bonchev–Trinajstić information content (AvgIpc) is 2.61. The van der Waals surface area contributed by atoms with Crippen molar-refractivity contribution < 1.29 is 0 Å². The standard InChI is InChI=1S/C12H22N4/c1-2-16-12(14-9-15-16)8-10-5-3-4-6-11(13)7-10/h9-11H,2-8,13H2,1H3. The van der Waals surface area contributed by atoms with Gasteiger partial charge in [0.15, 0.2) is 0 Å². The van der Waals surface area contributed by atoms with Crippen LogP contribution in [0.4, 0.5) is 0 Å². The highest BCUT2D eigenvalue weighted by atomic mass is 15.3. The summed E-state index contributed by atoms with van der Waals surface area (Å²) >= 11 is 0. The first-order valence-corrected chi connectivity index (χ1v) is 6.42. The smallest absolute Gasteiger partial charge is 0.138 e. The van der Waals surface area contributed by atoms with Gasteiger partial charge in [0, 0.05) is 19.0 Å². The van der Waals surface area contributed by atoms with Crippen LogP contribution in [0.25, 0.3) is 0 Å². The van der Waals surface area contributed by atoms with Gasteiger partial charge in [-0.2, -0.15) is 5.10 Å². The molecular weight excluding hydrogens is 200 g/mol. The number of aromatic nitrogens is 3. The summed E-state index contributed by atoms with van der Waals surface area (Å²) in [5, 5.41) is 4.22. The van der Waals surface area contributed by atoms with Gasteiger partial charge in [0.2, 0.25) is 0 Å². The Balaban J connectivity index is 1.97. The summed E-state index contributed by atoms with van der Waals surface area (Å²) < 4.78 is 2.00. The van der Waals surface area contributed by atoms with E-state index < -0.39 is 0 Å². The fourth-order valence-corrected chi connectivity index (χ4v) is 2.66. The molecule has 1 saturated carbocycles. The Morgan fingerprint density at radius 2 is 2.25 bits per heavy atom. The van der Waals surface area contributed by atoms with E-state index in [9.17, 15) is 0 Å². The van der Waals surface area contributed by atoms with E-state index in [1.54, 1.807) is 6.33 Å². The lowest BCUT2D eigenvalue weighted by Gasteiger charge is -2.16. The Hall–Kier alpha value is -0.900. The van der Waals surface area contributed by atoms with Gasteiger partial charge >= 0.3 is 0 Å². The molecule has 0 aliphatic heterocycles. The Bertz CT molecular complexity index is 321. The minimum absolute atomic E-state index is 0.394. The predicted molar refractivity (Wildman–Crippen MR) is 64.0 cm³/mol. The number of nitrogens with two attached hydrogens (primary N) is 1. The van der Waals surface area contributed by atoms with Crippen molar-refractivity contribution in [3.63, 3.8) is 0 Å². The third-order valence-electron chi connectivity index (χ3n) is 3.54. The molecule has 4 heteroatoms. The molecule has 90 valence electrons. The fourth-order valence-electron chi connectivity index (χ4n) is 2.66. The number of hydrogen-bond donors (Lipinski definition) is 1. The topological polar surface area (TPSA) is 56.7 Å². The second kappa shape index (κ2) is 5.43. The molecule has 1 aliphatic rings. The zero-order chi connectivity index (χ0) is 11.4. The lowest BCUT2D eigenvalue weighted by molar-refractivity contribution is 0.412. The molecule has 2 N–H and O–H groups in total. The third kappa shape index (κ3) is 2.82. The summed E-state index contributed by atoms with van der Waals surface area (Å²) in [6, 6.07) is 0.394. The maximum atomic E-state index is 6.08. The summed E-state index contributed by atoms with van der Waals surface area (Å²) in [5.41, 5.74) is 6.08. The Kier molecular flexibility index (Phi) is 3.93. The highest BCUT2D eigenvalue weighted by Gasteiger charge is 2.19. The normalized spacial score (nSPS) is 26.6. The van der Waals surface area contributed by atoms with Crippen molar-refractivity contribution in [1.29, 1.82) is 0 Å². The van der Waals surface area contributed by atoms with Gasteiger partial charge in [-0.15, -0.1) is 0 Å². The first-order chi connectivity index (χ1) is 7.79. The molecule has 0 aromatic carbocycles. The lowest BCUT2D eigenvalue weighted by Crippen LogP contribution is -2.23. The zero-order valence-corrected chi connectivity index (χ0v) is 10.1. The SMILES string of the molecule is CCn1ncnc1CC1CCCCC(N)C1. The molecule has 2 unspecified atom stereocenters. The van der Waals surface area contributed by atoms with Gasteiger partial charge < -0.3 is 5.73 Å². The van der Waals surface area contributed by atoms with Crippen LogP contribution in [0.3, 0.4) is 0 Å². The highest BCUT2D eigenvalue weighted by Crippen LogP contribution is 2.24. The third-order valence-corrected chi connectivity index (χ3v) is 3.54. The summed E-state index contributed by atoms with van der Waals surface area (Å²) in [6.07, 6.45) is 8.95. The van der Waals surface area contributed by atoms with E-state index in [0.29, 0.717) is 12.0 Å². The Labute approximate surface area is 97.2 Å². The average molecular weight is 222 g/mol. The molecule has 1 fully saturated rings. The van der Waals surface area contributed by atoms with Gasteiger partial charge in [-0.25, -0.2) is 4.98 Å². The van der Waals surface area contributed by atoms with Crippen molar-refractivity contribution >= 4 is 0 Å². The summed E-state index contributed by atoms with van der Waals surface area (Å²) in [5.74, 6) is 1.83. The van der Waals surface area contributed by atoms with Gasteiger partial charge in [-0.1, -0.05) is 12.8 Å².